The van der Waals surface area contributed by atoms with Crippen LogP contribution in [0.2, 0.25) is 5.15 Å². The molecule has 0 aliphatic carbocycles. The molecule has 10 nitrogen and oxygen atoms in total. The third-order valence-corrected chi connectivity index (χ3v) is 4.22. The SMILES string of the molecule is Cc1cc(N2CCOC(C(C)(O)C(=O)O)C2=O)nn1-c1cnnc(Cl)c1. The predicted octanol–water partition coefficient (Wildman–Crippen LogP) is 0.192. The number of hydrogen-bond acceptors (Lipinski definition) is 7. The maximum atomic E-state index is 12.7. The number of carboxylic acids is 1. The minimum atomic E-state index is -2.35. The monoisotopic (exact) mass is 381 g/mol. The molecule has 2 aromatic heterocycles. The topological polar surface area (TPSA) is 131 Å². The lowest BCUT2D eigenvalue weighted by Gasteiger charge is -2.36. The molecule has 1 aliphatic rings. The Labute approximate surface area is 153 Å². The van der Waals surface area contributed by atoms with Crippen molar-refractivity contribution >= 4 is 29.3 Å². The number of amides is 1. The molecule has 0 aromatic carbocycles. The highest BCUT2D eigenvalue weighted by Crippen LogP contribution is 2.25. The largest absolute Gasteiger partial charge is 0.479 e. The number of nitrogens with zero attached hydrogens (tertiary/aromatic N) is 5. The molecule has 2 aromatic rings. The van der Waals surface area contributed by atoms with Gasteiger partial charge in [-0.1, -0.05) is 11.6 Å². The quantitative estimate of drug-likeness (QED) is 0.767. The third-order valence-electron chi connectivity index (χ3n) is 4.04. The Morgan fingerprint density at radius 3 is 2.85 bits per heavy atom. The molecule has 138 valence electrons. The maximum Gasteiger partial charge on any atom is 0.338 e. The third kappa shape index (κ3) is 3.14. The van der Waals surface area contributed by atoms with Gasteiger partial charge < -0.3 is 14.9 Å². The van der Waals surface area contributed by atoms with Crippen LogP contribution in [-0.4, -0.2) is 66.9 Å². The van der Waals surface area contributed by atoms with Crippen LogP contribution in [0.4, 0.5) is 5.82 Å². The lowest BCUT2D eigenvalue weighted by Crippen LogP contribution is -2.60. The normalized spacial score (nSPS) is 20.1. The summed E-state index contributed by atoms with van der Waals surface area (Å²) in [4.78, 5) is 25.2. The first-order valence-electron chi connectivity index (χ1n) is 7.66. The Balaban J connectivity index is 1.93. The molecular weight excluding hydrogens is 366 g/mol. The number of carbonyl (C=O) groups is 2. The van der Waals surface area contributed by atoms with Crippen molar-refractivity contribution in [2.45, 2.75) is 25.6 Å². The molecule has 1 fully saturated rings. The van der Waals surface area contributed by atoms with Crippen molar-refractivity contribution in [3.05, 3.63) is 29.2 Å². The highest BCUT2D eigenvalue weighted by Gasteiger charge is 2.49. The van der Waals surface area contributed by atoms with Gasteiger partial charge in [-0.15, -0.1) is 10.2 Å². The fraction of sp³-hybridized carbons (Fsp3) is 0.400. The van der Waals surface area contributed by atoms with Crippen molar-refractivity contribution in [3.8, 4) is 5.69 Å². The standard InChI is InChI=1S/C15H16ClN5O5/c1-8-5-11(19-21(8)9-6-10(16)18-17-7-9)20-3-4-26-12(13(20)22)15(2,25)14(23)24/h5-7,12,25H,3-4H2,1-2H3,(H,23,24). The number of rotatable bonds is 4. The van der Waals surface area contributed by atoms with Gasteiger partial charge in [0.25, 0.3) is 5.91 Å². The number of morpholine rings is 1. The Hall–Kier alpha value is -2.56. The van der Waals surface area contributed by atoms with Crippen LogP contribution in [0.25, 0.3) is 5.69 Å². The number of ether oxygens (including phenoxy) is 1. The number of halogens is 1. The average Bonchev–Trinajstić information content (AvgIpc) is 2.96. The van der Waals surface area contributed by atoms with Crippen molar-refractivity contribution in [1.82, 2.24) is 20.0 Å². The van der Waals surface area contributed by atoms with E-state index in [2.05, 4.69) is 15.3 Å². The zero-order valence-corrected chi connectivity index (χ0v) is 14.7. The molecule has 1 aliphatic heterocycles. The van der Waals surface area contributed by atoms with E-state index in [1.165, 1.54) is 15.8 Å². The van der Waals surface area contributed by atoms with Crippen molar-refractivity contribution < 1.29 is 24.5 Å². The predicted molar refractivity (Wildman–Crippen MR) is 89.3 cm³/mol. The van der Waals surface area contributed by atoms with Gasteiger partial charge in [0.1, 0.15) is 0 Å². The van der Waals surface area contributed by atoms with E-state index in [9.17, 15) is 14.7 Å². The molecular formula is C15H16ClN5O5. The lowest BCUT2D eigenvalue weighted by molar-refractivity contribution is -0.180. The summed E-state index contributed by atoms with van der Waals surface area (Å²) in [7, 11) is 0. The molecule has 3 heterocycles. The second-order valence-electron chi connectivity index (χ2n) is 5.99. The van der Waals surface area contributed by atoms with E-state index in [4.69, 9.17) is 21.4 Å². The smallest absolute Gasteiger partial charge is 0.338 e. The van der Waals surface area contributed by atoms with E-state index in [0.29, 0.717) is 17.2 Å². The number of aryl methyl sites for hydroxylation is 1. The van der Waals surface area contributed by atoms with Crippen molar-refractivity contribution in [2.24, 2.45) is 0 Å². The molecule has 1 saturated heterocycles. The number of aromatic nitrogens is 4. The minimum absolute atomic E-state index is 0.0639. The molecule has 3 rings (SSSR count). The summed E-state index contributed by atoms with van der Waals surface area (Å²) >= 11 is 5.85. The molecule has 2 N–H and O–H groups in total. The summed E-state index contributed by atoms with van der Waals surface area (Å²) < 4.78 is 6.74. The molecule has 0 radical (unpaired) electrons. The first-order chi connectivity index (χ1) is 12.2. The van der Waals surface area contributed by atoms with Gasteiger partial charge in [-0.05, 0) is 13.8 Å². The van der Waals surface area contributed by atoms with Crippen molar-refractivity contribution in [2.75, 3.05) is 18.1 Å². The Morgan fingerprint density at radius 2 is 2.19 bits per heavy atom. The van der Waals surface area contributed by atoms with E-state index in [-0.39, 0.29) is 18.3 Å². The molecule has 2 unspecified atom stereocenters. The zero-order chi connectivity index (χ0) is 19.1. The highest BCUT2D eigenvalue weighted by atomic mass is 35.5. The minimum Gasteiger partial charge on any atom is -0.479 e. The van der Waals surface area contributed by atoms with Gasteiger partial charge in [-0.2, -0.15) is 5.10 Å². The van der Waals surface area contributed by atoms with Crippen molar-refractivity contribution in [1.29, 1.82) is 0 Å². The van der Waals surface area contributed by atoms with Gasteiger partial charge in [0.15, 0.2) is 22.7 Å². The fourth-order valence-corrected chi connectivity index (χ4v) is 2.78. The van der Waals surface area contributed by atoms with Gasteiger partial charge in [-0.25, -0.2) is 9.48 Å². The van der Waals surface area contributed by atoms with Gasteiger partial charge in [-0.3, -0.25) is 9.69 Å². The van der Waals surface area contributed by atoms with Crippen LogP contribution in [0.5, 0.6) is 0 Å². The van der Waals surface area contributed by atoms with Gasteiger partial charge in [0, 0.05) is 17.8 Å². The van der Waals surface area contributed by atoms with Crippen LogP contribution >= 0.6 is 11.6 Å². The summed E-state index contributed by atoms with van der Waals surface area (Å²) in [6.07, 6.45) is -0.0642. The van der Waals surface area contributed by atoms with Crippen molar-refractivity contribution in [3.63, 3.8) is 0 Å². The van der Waals surface area contributed by atoms with E-state index < -0.39 is 23.6 Å². The summed E-state index contributed by atoms with van der Waals surface area (Å²) in [6, 6.07) is 3.22. The first-order valence-corrected chi connectivity index (χ1v) is 8.03. The molecule has 0 spiro atoms. The molecule has 11 heteroatoms. The molecule has 2 atom stereocenters. The van der Waals surface area contributed by atoms with Gasteiger partial charge in [0.05, 0.1) is 25.0 Å². The number of aliphatic hydroxyl groups is 1. The van der Waals surface area contributed by atoms with Crippen LogP contribution in [0, 0.1) is 6.92 Å². The molecule has 1 amide bonds. The summed E-state index contributed by atoms with van der Waals surface area (Å²) in [5.74, 6) is -1.92. The molecule has 0 bridgehead atoms. The maximum absolute atomic E-state index is 12.7. The van der Waals surface area contributed by atoms with Gasteiger partial charge in [0.2, 0.25) is 0 Å². The van der Waals surface area contributed by atoms with E-state index in [1.807, 2.05) is 0 Å². The second kappa shape index (κ2) is 6.63. The number of anilines is 1. The van der Waals surface area contributed by atoms with E-state index >= 15 is 0 Å². The number of carboxylic acid groups (broad SMARTS) is 1. The van der Waals surface area contributed by atoms with Crippen LogP contribution in [0.1, 0.15) is 12.6 Å². The zero-order valence-electron chi connectivity index (χ0n) is 14.0. The number of carbonyl (C=O) groups excluding carboxylic acids is 1. The number of hydrogen-bond donors (Lipinski definition) is 2. The highest BCUT2D eigenvalue weighted by molar-refractivity contribution is 6.29. The molecule has 0 saturated carbocycles. The summed E-state index contributed by atoms with van der Waals surface area (Å²) in [5.41, 5.74) is -1.09. The molecule has 26 heavy (non-hydrogen) atoms. The Morgan fingerprint density at radius 1 is 1.46 bits per heavy atom. The van der Waals surface area contributed by atoms with Gasteiger partial charge >= 0.3 is 5.97 Å². The lowest BCUT2D eigenvalue weighted by atomic mass is 9.97. The van der Waals surface area contributed by atoms with E-state index in [1.54, 1.807) is 19.1 Å². The first kappa shape index (κ1) is 18.2. The van der Waals surface area contributed by atoms with Crippen LogP contribution in [0.15, 0.2) is 18.3 Å². The average molecular weight is 382 g/mol. The van der Waals surface area contributed by atoms with Crippen LogP contribution < -0.4 is 4.90 Å². The van der Waals surface area contributed by atoms with Crippen LogP contribution in [-0.2, 0) is 14.3 Å². The summed E-state index contributed by atoms with van der Waals surface area (Å²) in [5, 5.41) is 31.2. The Bertz CT molecular complexity index is 868. The second-order valence-corrected chi connectivity index (χ2v) is 6.37. The number of aliphatic carboxylic acids is 1. The Kier molecular flexibility index (Phi) is 4.65. The van der Waals surface area contributed by atoms with E-state index in [0.717, 1.165) is 6.92 Å². The van der Waals surface area contributed by atoms with Crippen LogP contribution in [0.3, 0.4) is 0 Å². The summed E-state index contributed by atoms with van der Waals surface area (Å²) in [6.45, 7) is 3.04. The fourth-order valence-electron chi connectivity index (χ4n) is 2.63.